The Bertz CT molecular complexity index is 1490. The second-order valence-electron chi connectivity index (χ2n) is 20.0. The molecule has 1 saturated heterocycles. The molecule has 50 heavy (non-hydrogen) atoms. The molecule has 6 nitrogen and oxygen atoms in total. The van der Waals surface area contributed by atoms with E-state index in [1.165, 1.54) is 43.2 Å². The van der Waals surface area contributed by atoms with Crippen molar-refractivity contribution in [1.29, 1.82) is 0 Å². The summed E-state index contributed by atoms with van der Waals surface area (Å²) < 4.78 is 12.3. The molecule has 6 aliphatic carbocycles. The summed E-state index contributed by atoms with van der Waals surface area (Å²) in [5.74, 6) is -1.40. The van der Waals surface area contributed by atoms with Gasteiger partial charge in [0.1, 0.15) is 0 Å². The summed E-state index contributed by atoms with van der Waals surface area (Å²) in [6, 6.07) is 8.93. The van der Waals surface area contributed by atoms with Crippen LogP contribution in [0.15, 0.2) is 24.3 Å². The van der Waals surface area contributed by atoms with E-state index in [4.69, 9.17) is 9.47 Å². The SMILES string of the molecule is CCC[C@@H]1[C@@]23CC[C@@]45CCC[C@]6(CC[C@@]4(C)[C@@H]2[C@@H](O)C[C@]1(O)O[C@@H]3Cc1ccc(CCOC)cc1)[C@@H]1C[C@](C)(C(=O)O)CC[C@]1(C)CC[C@@]65C. The van der Waals surface area contributed by atoms with E-state index in [0.717, 1.165) is 70.6 Å². The molecule has 1 heterocycles. The number of carboxylic acids is 1. The number of carbonyl (C=O) groups is 1. The molecule has 3 N–H and O–H groups in total. The summed E-state index contributed by atoms with van der Waals surface area (Å²) in [6.45, 7) is 12.8. The van der Waals surface area contributed by atoms with Gasteiger partial charge in [0.25, 0.3) is 0 Å². The number of aliphatic hydroxyl groups excluding tert-OH is 1. The fraction of sp³-hybridized carbons (Fsp3) is 0.841. The molecule has 6 heteroatoms. The van der Waals surface area contributed by atoms with Gasteiger partial charge in [0.05, 0.1) is 24.2 Å². The molecule has 0 aromatic heterocycles. The lowest BCUT2D eigenvalue weighted by Gasteiger charge is -2.82. The predicted octanol–water partition coefficient (Wildman–Crippen LogP) is 8.74. The van der Waals surface area contributed by atoms with E-state index in [0.29, 0.717) is 18.9 Å². The van der Waals surface area contributed by atoms with Crippen LogP contribution >= 0.6 is 0 Å². The summed E-state index contributed by atoms with van der Waals surface area (Å²) in [4.78, 5) is 12.8. The van der Waals surface area contributed by atoms with Crippen molar-refractivity contribution in [3.63, 3.8) is 0 Å². The molecule has 8 rings (SSSR count). The standard InChI is InChI=1S/C44H66O6/c1-7-9-32-43-24-23-42-16-8-15-41(33-28-38(3,36(46)47)18-17-37(33,2)19-21-40(41,42)5)22-20-39(42,4)35(43)31(45)27-44(32,48)50-34(43)26-30-12-10-29(11-13-30)14-25-49-6/h10-13,31-35,45,48H,7-9,14-28H2,1-6H3,(H,46,47)/t31-,32+,33+,34+,35-,37+,38+,39-,40-,41-,42-,43+,44-/m0/s1. The van der Waals surface area contributed by atoms with Crippen LogP contribution in [0.5, 0.6) is 0 Å². The molecule has 7 aliphatic rings. The molecule has 13 atom stereocenters. The van der Waals surface area contributed by atoms with Crippen LogP contribution in [0.4, 0.5) is 0 Å². The van der Waals surface area contributed by atoms with Gasteiger partial charge in [-0.3, -0.25) is 4.79 Å². The third kappa shape index (κ3) is 4.31. The largest absolute Gasteiger partial charge is 0.481 e. The van der Waals surface area contributed by atoms with Gasteiger partial charge in [-0.25, -0.2) is 0 Å². The van der Waals surface area contributed by atoms with Crippen molar-refractivity contribution in [3.05, 3.63) is 35.4 Å². The lowest BCUT2D eigenvalue weighted by molar-refractivity contribution is -0.346. The first-order valence-corrected chi connectivity index (χ1v) is 20.5. The van der Waals surface area contributed by atoms with Crippen LogP contribution in [0.25, 0.3) is 0 Å². The minimum absolute atomic E-state index is 0.0147. The molecule has 0 amide bonds. The van der Waals surface area contributed by atoms with Crippen molar-refractivity contribution in [2.75, 3.05) is 13.7 Å². The van der Waals surface area contributed by atoms with Crippen molar-refractivity contribution in [1.82, 2.24) is 0 Å². The maximum absolute atomic E-state index is 12.8. The second kappa shape index (κ2) is 11.5. The number of ether oxygens (including phenoxy) is 2. The van der Waals surface area contributed by atoms with Crippen molar-refractivity contribution in [3.8, 4) is 0 Å². The lowest BCUT2D eigenvalue weighted by atomic mass is 9.22. The quantitative estimate of drug-likeness (QED) is 0.253. The number of hydrogen-bond donors (Lipinski definition) is 3. The minimum Gasteiger partial charge on any atom is -0.481 e. The van der Waals surface area contributed by atoms with Gasteiger partial charge in [-0.05, 0) is 147 Å². The summed E-state index contributed by atoms with van der Waals surface area (Å²) in [5, 5.41) is 35.5. The van der Waals surface area contributed by atoms with Gasteiger partial charge in [0.15, 0.2) is 5.79 Å². The Labute approximate surface area is 301 Å². The summed E-state index contributed by atoms with van der Waals surface area (Å²) >= 11 is 0. The van der Waals surface area contributed by atoms with E-state index in [1.807, 2.05) is 6.92 Å². The molecule has 4 bridgehead atoms. The highest BCUT2D eigenvalue weighted by atomic mass is 16.6. The van der Waals surface area contributed by atoms with Crippen molar-refractivity contribution >= 4 is 5.97 Å². The number of aliphatic hydroxyl groups is 2. The Morgan fingerprint density at radius 1 is 0.900 bits per heavy atom. The van der Waals surface area contributed by atoms with E-state index >= 15 is 0 Å². The molecule has 1 aromatic rings. The Morgan fingerprint density at radius 3 is 2.32 bits per heavy atom. The summed E-state index contributed by atoms with van der Waals surface area (Å²) in [5.41, 5.74) is 1.99. The third-order valence-electron chi connectivity index (χ3n) is 18.6. The van der Waals surface area contributed by atoms with Gasteiger partial charge in [-0.2, -0.15) is 0 Å². The number of benzene rings is 1. The number of methoxy groups -OCH3 is 1. The zero-order valence-electron chi connectivity index (χ0n) is 32.0. The van der Waals surface area contributed by atoms with E-state index in [2.05, 4.69) is 52.0 Å². The second-order valence-corrected chi connectivity index (χ2v) is 20.0. The Kier molecular flexibility index (Phi) is 8.19. The topological polar surface area (TPSA) is 96.2 Å². The van der Waals surface area contributed by atoms with E-state index in [1.54, 1.807) is 7.11 Å². The van der Waals surface area contributed by atoms with Crippen molar-refractivity contribution in [2.24, 2.45) is 55.7 Å². The first-order chi connectivity index (χ1) is 23.6. The Morgan fingerprint density at radius 2 is 1.62 bits per heavy atom. The van der Waals surface area contributed by atoms with Crippen LogP contribution in [0.1, 0.15) is 142 Å². The highest BCUT2D eigenvalue weighted by molar-refractivity contribution is 5.74. The average Bonchev–Trinajstić information content (AvgIpc) is 3.21. The average molecular weight is 691 g/mol. The van der Waals surface area contributed by atoms with Gasteiger partial charge in [-0.15, -0.1) is 0 Å². The molecule has 278 valence electrons. The predicted molar refractivity (Wildman–Crippen MR) is 194 cm³/mol. The van der Waals surface area contributed by atoms with Crippen molar-refractivity contribution < 1.29 is 29.6 Å². The van der Waals surface area contributed by atoms with Gasteiger partial charge in [0, 0.05) is 24.9 Å². The summed E-state index contributed by atoms with van der Waals surface area (Å²) in [7, 11) is 1.75. The molecule has 1 aromatic carbocycles. The molecule has 6 saturated carbocycles. The van der Waals surface area contributed by atoms with E-state index in [9.17, 15) is 20.1 Å². The molecule has 2 spiro atoms. The molecule has 7 fully saturated rings. The lowest BCUT2D eigenvalue weighted by Crippen LogP contribution is -2.77. The maximum atomic E-state index is 12.8. The van der Waals surface area contributed by atoms with Crippen LogP contribution in [-0.4, -0.2) is 53.0 Å². The zero-order chi connectivity index (χ0) is 35.6. The monoisotopic (exact) mass is 690 g/mol. The number of rotatable bonds is 8. The highest BCUT2D eigenvalue weighted by Gasteiger charge is 2.83. The fourth-order valence-electron chi connectivity index (χ4n) is 16.3. The summed E-state index contributed by atoms with van der Waals surface area (Å²) in [6.07, 6.45) is 16.1. The minimum atomic E-state index is -1.29. The van der Waals surface area contributed by atoms with Gasteiger partial charge in [0.2, 0.25) is 0 Å². The Hall–Kier alpha value is -1.47. The van der Waals surface area contributed by atoms with Crippen LogP contribution < -0.4 is 0 Å². The number of hydrogen-bond acceptors (Lipinski definition) is 5. The van der Waals surface area contributed by atoms with E-state index in [-0.39, 0.29) is 50.4 Å². The van der Waals surface area contributed by atoms with E-state index < -0.39 is 23.3 Å². The van der Waals surface area contributed by atoms with Crippen LogP contribution in [0.3, 0.4) is 0 Å². The highest BCUT2D eigenvalue weighted by Crippen LogP contribution is 2.87. The zero-order valence-corrected chi connectivity index (χ0v) is 32.0. The first kappa shape index (κ1) is 35.6. The Balaban J connectivity index is 1.21. The van der Waals surface area contributed by atoms with Crippen LogP contribution in [-0.2, 0) is 27.1 Å². The normalized spacial score (nSPS) is 52.0. The van der Waals surface area contributed by atoms with Crippen molar-refractivity contribution in [2.45, 2.75) is 162 Å². The molecule has 0 radical (unpaired) electrons. The molecule has 1 aliphatic heterocycles. The number of carboxylic acid groups (broad SMARTS) is 1. The molecule has 0 unspecified atom stereocenters. The maximum Gasteiger partial charge on any atom is 0.309 e. The van der Waals surface area contributed by atoms with Crippen LogP contribution in [0.2, 0.25) is 0 Å². The molecular weight excluding hydrogens is 624 g/mol. The number of aliphatic carboxylic acids is 1. The van der Waals surface area contributed by atoms with Crippen LogP contribution in [0, 0.1) is 55.7 Å². The first-order valence-electron chi connectivity index (χ1n) is 20.5. The number of fused-ring (bicyclic) bond motifs is 3. The smallest absolute Gasteiger partial charge is 0.309 e. The fourth-order valence-corrected chi connectivity index (χ4v) is 16.3. The van der Waals surface area contributed by atoms with Gasteiger partial charge < -0.3 is 24.8 Å². The van der Waals surface area contributed by atoms with Gasteiger partial charge in [-0.1, -0.05) is 64.8 Å². The van der Waals surface area contributed by atoms with Gasteiger partial charge >= 0.3 is 5.97 Å². The third-order valence-corrected chi connectivity index (χ3v) is 18.6. The molecular formula is C44H66O6.